The van der Waals surface area contributed by atoms with Gasteiger partial charge in [-0.05, 0) is 127 Å². The van der Waals surface area contributed by atoms with E-state index in [-0.39, 0.29) is 81.9 Å². The molecule has 8 aliphatic carbocycles. The molecule has 73 heavy (non-hydrogen) atoms. The average Bonchev–Trinajstić information content (AvgIpc) is 3.88. The maximum Gasteiger partial charge on any atom is 0.335 e. The molecule has 19 heteroatoms. The lowest BCUT2D eigenvalue weighted by Crippen LogP contribution is -2.60. The van der Waals surface area contributed by atoms with Crippen LogP contribution in [0.2, 0.25) is 0 Å². The zero-order chi connectivity index (χ0) is 52.9. The lowest BCUT2D eigenvalue weighted by atomic mass is 9.46. The minimum Gasteiger partial charge on any atom is -0.479 e. The first kappa shape index (κ1) is 53.7. The molecule has 0 bridgehead atoms. The third-order valence-corrected chi connectivity index (χ3v) is 19.9. The van der Waals surface area contributed by atoms with Crippen LogP contribution in [-0.2, 0) is 52.5 Å². The molecule has 2 saturated heterocycles. The first-order valence-corrected chi connectivity index (χ1v) is 25.9. The number of allylic oxidation sites excluding steroid dienone is 7. The van der Waals surface area contributed by atoms with Crippen molar-refractivity contribution >= 4 is 40.9 Å². The van der Waals surface area contributed by atoms with E-state index in [1.807, 2.05) is 13.0 Å². The van der Waals surface area contributed by atoms with E-state index in [2.05, 4.69) is 32.9 Å². The molecule has 2 heterocycles. The monoisotopic (exact) mass is 1020 g/mol. The number of fused-ring (bicyclic) bond motifs is 10. The second-order valence-corrected chi connectivity index (χ2v) is 23.6. The summed E-state index contributed by atoms with van der Waals surface area (Å²) in [6, 6.07) is 0. The van der Waals surface area contributed by atoms with E-state index in [4.69, 9.17) is 18.9 Å². The molecule has 10 aliphatic rings. The smallest absolute Gasteiger partial charge is 0.335 e. The maximum atomic E-state index is 13.7. The summed E-state index contributed by atoms with van der Waals surface area (Å²) in [5.41, 5.74) is 0.882. The molecule has 0 aromatic heterocycles. The highest BCUT2D eigenvalue weighted by molar-refractivity contribution is 6.01. The van der Waals surface area contributed by atoms with Gasteiger partial charge in [-0.3, -0.25) is 24.0 Å². The molecule has 7 fully saturated rings. The molecular formula is C54H70O19. The Kier molecular flexibility index (Phi) is 14.5. The summed E-state index contributed by atoms with van der Waals surface area (Å²) in [6.45, 7) is 7.63. The van der Waals surface area contributed by atoms with Gasteiger partial charge in [-0.2, -0.15) is 0 Å². The molecular weight excluding hydrogens is 953 g/mol. The highest BCUT2D eigenvalue weighted by Crippen LogP contribution is 2.67. The van der Waals surface area contributed by atoms with Crippen LogP contribution >= 0.6 is 0 Å². The Morgan fingerprint density at radius 2 is 1.19 bits per heavy atom. The number of carbonyl (C=O) groups is 7. The fraction of sp³-hybridized carbons (Fsp3) is 0.722. The van der Waals surface area contributed by atoms with Crippen molar-refractivity contribution < 1.29 is 93.4 Å². The van der Waals surface area contributed by atoms with Gasteiger partial charge < -0.3 is 59.8 Å². The number of ketones is 5. The van der Waals surface area contributed by atoms with Gasteiger partial charge in [0.2, 0.25) is 0 Å². The molecule has 0 aromatic rings. The molecule has 0 amide bonds. The number of aliphatic carboxylic acids is 2. The van der Waals surface area contributed by atoms with Gasteiger partial charge in [0.25, 0.3) is 0 Å². The Hall–Kier alpha value is -4.15. The van der Waals surface area contributed by atoms with Crippen molar-refractivity contribution in [1.29, 1.82) is 0 Å². The Morgan fingerprint density at radius 3 is 1.77 bits per heavy atom. The lowest BCUT2D eigenvalue weighted by Gasteiger charge is -2.56. The van der Waals surface area contributed by atoms with Crippen LogP contribution in [0.3, 0.4) is 0 Å². The molecule has 22 atom stereocenters. The van der Waals surface area contributed by atoms with E-state index in [9.17, 15) is 74.4 Å². The molecule has 400 valence electrons. The predicted octanol–water partition coefficient (Wildman–Crippen LogP) is 1.96. The summed E-state index contributed by atoms with van der Waals surface area (Å²) in [5.74, 6) is -2.68. The van der Waals surface area contributed by atoms with Crippen molar-refractivity contribution in [3.05, 3.63) is 47.6 Å². The molecule has 0 spiro atoms. The molecule has 8 N–H and O–H groups in total. The number of hydrogen-bond acceptors (Lipinski definition) is 17. The quantitative estimate of drug-likeness (QED) is 0.155. The number of aliphatic hydroxyl groups excluding tert-OH is 6. The zero-order valence-corrected chi connectivity index (χ0v) is 41.6. The van der Waals surface area contributed by atoms with Crippen LogP contribution in [0.15, 0.2) is 47.6 Å². The number of rotatable bonds is 10. The first-order chi connectivity index (χ1) is 34.3. The summed E-state index contributed by atoms with van der Waals surface area (Å²) >= 11 is 0. The lowest BCUT2D eigenvalue weighted by molar-refractivity contribution is -0.292. The average molecular weight is 1020 g/mol. The number of carboxylic acids is 2. The van der Waals surface area contributed by atoms with Gasteiger partial charge in [-0.15, -0.1) is 0 Å². The van der Waals surface area contributed by atoms with Crippen molar-refractivity contribution in [2.45, 2.75) is 160 Å². The number of carboxylic acid groups (broad SMARTS) is 2. The van der Waals surface area contributed by atoms with Gasteiger partial charge >= 0.3 is 11.9 Å². The van der Waals surface area contributed by atoms with Crippen molar-refractivity contribution in [3.63, 3.8) is 0 Å². The van der Waals surface area contributed by atoms with Gasteiger partial charge in [0.1, 0.15) is 55.6 Å². The standard InChI is InChI=1S/C27H36O10.C27H34O9/c1-26-8-7-13(28)9-12(26)3-4-14-15-5-6-16(27(15,2)10-17(29)19(14)26)18(30)11-36-25-22(33)20(31)21(32)23(37-25)24(34)35;1-26-9-7-14(28)11-13(26)3-4-15-16-5-6-18(27(16,2)10-8-17(15)26)19(29)12-35-25-22(32)20(30)21(31)23(36-25)24(33)34/h9,14-16,19-23,25,31-33H,3-8,10-11H2,1-2H3,(H,34,35);3-4,7,9,11,15-18,20-23,25,30-32H,5-6,8,10,12H2,1-2H3,(H,33,34)/t14-,15-,16+,19+,20-,21-,22+,23-,25?,26-,27-;15?,16?,17?,18-,20+,21+,22-,23+,25?,26+,27+/m01/s1. The molecule has 5 saturated carbocycles. The second-order valence-electron chi connectivity index (χ2n) is 23.6. The molecule has 2 aliphatic heterocycles. The van der Waals surface area contributed by atoms with Crippen LogP contribution in [0.1, 0.15) is 98.3 Å². The van der Waals surface area contributed by atoms with Gasteiger partial charge in [-0.1, -0.05) is 51.5 Å². The number of hydrogen-bond donors (Lipinski definition) is 8. The van der Waals surface area contributed by atoms with Gasteiger partial charge in [0.05, 0.1) is 0 Å². The van der Waals surface area contributed by atoms with Crippen LogP contribution in [0.4, 0.5) is 0 Å². The van der Waals surface area contributed by atoms with Crippen molar-refractivity contribution in [1.82, 2.24) is 0 Å². The Labute approximate surface area is 422 Å². The van der Waals surface area contributed by atoms with E-state index in [1.165, 1.54) is 0 Å². The van der Waals surface area contributed by atoms with Gasteiger partial charge in [-0.25, -0.2) is 9.59 Å². The largest absolute Gasteiger partial charge is 0.479 e. The third-order valence-electron chi connectivity index (χ3n) is 19.9. The SMILES string of the molecule is C[C@]12C=CC(=O)C=C1C=CC1C2CC[C@@]2(C)C1CC[C@@H]2C(=O)COC1O[C@H](C(=O)O)[C@@H](O)[C@H](O)[C@H]1O.C[C@]12CC(=O)[C@H]3[C@@H](CCC4=CC(=O)CC[C@@]43C)[C@@H]1CC[C@@H]2C(=O)COC1O[C@H](C(=O)O)[C@@H](O)[C@H](O)[C@H]1O. The van der Waals surface area contributed by atoms with Crippen molar-refractivity contribution in [3.8, 4) is 0 Å². The molecule has 5 unspecified atom stereocenters. The zero-order valence-electron chi connectivity index (χ0n) is 41.6. The van der Waals surface area contributed by atoms with Crippen LogP contribution in [0, 0.1) is 69.0 Å². The van der Waals surface area contributed by atoms with Gasteiger partial charge in [0.15, 0.2) is 47.9 Å². The Bertz CT molecular complexity index is 2410. The van der Waals surface area contributed by atoms with E-state index in [1.54, 1.807) is 18.2 Å². The second kappa shape index (κ2) is 19.8. The van der Waals surface area contributed by atoms with Crippen LogP contribution in [0.5, 0.6) is 0 Å². The normalized spacial score (nSPS) is 47.5. The van der Waals surface area contributed by atoms with E-state index in [0.29, 0.717) is 43.4 Å². The van der Waals surface area contributed by atoms with E-state index in [0.717, 1.165) is 49.7 Å². The molecule has 10 rings (SSSR count). The fourth-order valence-electron chi connectivity index (χ4n) is 16.0. The number of aliphatic hydroxyl groups is 6. The molecule has 19 nitrogen and oxygen atoms in total. The van der Waals surface area contributed by atoms with Crippen molar-refractivity contribution in [2.75, 3.05) is 13.2 Å². The minimum atomic E-state index is -1.84. The fourth-order valence-corrected chi connectivity index (χ4v) is 16.0. The number of ether oxygens (including phenoxy) is 4. The van der Waals surface area contributed by atoms with Crippen LogP contribution in [0.25, 0.3) is 0 Å². The van der Waals surface area contributed by atoms with E-state index < -0.39 is 91.3 Å². The highest BCUT2D eigenvalue weighted by atomic mass is 16.7. The minimum absolute atomic E-state index is 0.0153. The summed E-state index contributed by atoms with van der Waals surface area (Å²) in [5, 5.41) is 78.5. The highest BCUT2D eigenvalue weighted by Gasteiger charge is 2.64. The third kappa shape index (κ3) is 9.00. The summed E-state index contributed by atoms with van der Waals surface area (Å²) in [6.07, 6.45) is 1.99. The molecule has 0 radical (unpaired) electrons. The van der Waals surface area contributed by atoms with Gasteiger partial charge in [0, 0.05) is 36.0 Å². The Balaban J connectivity index is 0.000000180. The molecule has 0 aromatic carbocycles. The van der Waals surface area contributed by atoms with Crippen LogP contribution < -0.4 is 0 Å². The summed E-state index contributed by atoms with van der Waals surface area (Å²) in [4.78, 5) is 87.0. The topological polar surface area (TPSA) is 318 Å². The summed E-state index contributed by atoms with van der Waals surface area (Å²) < 4.78 is 21.2. The predicted molar refractivity (Wildman–Crippen MR) is 251 cm³/mol. The maximum absolute atomic E-state index is 13.7. The van der Waals surface area contributed by atoms with Crippen molar-refractivity contribution in [2.24, 2.45) is 69.0 Å². The Morgan fingerprint density at radius 1 is 0.630 bits per heavy atom. The number of carbonyl (C=O) groups excluding carboxylic acids is 5. The summed E-state index contributed by atoms with van der Waals surface area (Å²) in [7, 11) is 0. The first-order valence-electron chi connectivity index (χ1n) is 25.9. The number of Topliss-reactive ketones (excluding diaryl/α,β-unsaturated/α-hetero) is 3. The van der Waals surface area contributed by atoms with Crippen LogP contribution in [-0.4, -0.2) is 156 Å². The van der Waals surface area contributed by atoms with E-state index >= 15 is 0 Å².